The van der Waals surface area contributed by atoms with Crippen LogP contribution >= 0.6 is 63.7 Å². The van der Waals surface area contributed by atoms with Crippen molar-refractivity contribution in [3.05, 3.63) is 77.5 Å². The third-order valence-corrected chi connectivity index (χ3v) is 6.51. The molecule has 0 aliphatic carbocycles. The molecule has 0 aromatic heterocycles. The van der Waals surface area contributed by atoms with Gasteiger partial charge >= 0.3 is 0 Å². The molecule has 0 aliphatic heterocycles. The second kappa shape index (κ2) is 7.45. The topological polar surface area (TPSA) is 0 Å². The van der Waals surface area contributed by atoms with E-state index in [1.54, 1.807) is 0 Å². The van der Waals surface area contributed by atoms with Crippen LogP contribution in [0.25, 0.3) is 22.3 Å². The number of halogens is 4. The van der Waals surface area contributed by atoms with Crippen LogP contribution in [-0.4, -0.2) is 0 Å². The molecule has 0 radical (unpaired) electrons. The van der Waals surface area contributed by atoms with Gasteiger partial charge in [0, 0.05) is 17.9 Å². The van der Waals surface area contributed by atoms with Crippen molar-refractivity contribution in [3.8, 4) is 22.3 Å². The molecule has 4 heteroatoms. The number of hydrogen-bond acceptors (Lipinski definition) is 0. The van der Waals surface area contributed by atoms with Gasteiger partial charge in [0.05, 0.1) is 0 Å². The smallest absolute Gasteiger partial charge is 0.0261 e. The van der Waals surface area contributed by atoms with Crippen LogP contribution in [-0.2, 0) is 0 Å². The summed E-state index contributed by atoms with van der Waals surface area (Å²) in [6, 6.07) is 17.2. The second-order valence-corrected chi connectivity index (χ2v) is 9.20. The zero-order valence-corrected chi connectivity index (χ0v) is 19.5. The summed E-state index contributed by atoms with van der Waals surface area (Å²) in [4.78, 5) is 0. The van der Waals surface area contributed by atoms with Crippen molar-refractivity contribution in [1.82, 2.24) is 0 Å². The summed E-state index contributed by atoms with van der Waals surface area (Å²) >= 11 is 14.9. The van der Waals surface area contributed by atoms with Crippen LogP contribution in [0.3, 0.4) is 0 Å². The molecule has 0 saturated carbocycles. The van der Waals surface area contributed by atoms with Gasteiger partial charge in [-0.2, -0.15) is 0 Å². The predicted molar refractivity (Wildman–Crippen MR) is 118 cm³/mol. The highest BCUT2D eigenvalue weighted by atomic mass is 79.9. The van der Waals surface area contributed by atoms with E-state index in [4.69, 9.17) is 0 Å². The molecular formula is C20H14Br4. The fraction of sp³-hybridized carbons (Fsp3) is 0.100. The van der Waals surface area contributed by atoms with Crippen molar-refractivity contribution < 1.29 is 0 Å². The summed E-state index contributed by atoms with van der Waals surface area (Å²) in [5.41, 5.74) is 7.12. The lowest BCUT2D eigenvalue weighted by atomic mass is 9.99. The van der Waals surface area contributed by atoms with Crippen molar-refractivity contribution in [2.75, 3.05) is 0 Å². The van der Waals surface area contributed by atoms with Gasteiger partial charge in [0.2, 0.25) is 0 Å². The van der Waals surface area contributed by atoms with Gasteiger partial charge in [-0.1, -0.05) is 88.0 Å². The minimum atomic E-state index is 1.07. The molecule has 0 spiro atoms. The lowest BCUT2D eigenvalue weighted by molar-refractivity contribution is 1.42. The average Bonchev–Trinajstić information content (AvgIpc) is 2.50. The summed E-state index contributed by atoms with van der Waals surface area (Å²) in [6.07, 6.45) is 0. The highest BCUT2D eigenvalue weighted by molar-refractivity contribution is 9.11. The molecule has 122 valence electrons. The van der Waals surface area contributed by atoms with Crippen LogP contribution in [0.5, 0.6) is 0 Å². The zero-order chi connectivity index (χ0) is 17.4. The van der Waals surface area contributed by atoms with Crippen LogP contribution in [0.1, 0.15) is 11.1 Å². The van der Waals surface area contributed by atoms with E-state index in [2.05, 4.69) is 126 Å². The summed E-state index contributed by atoms with van der Waals surface area (Å²) in [5, 5.41) is 0. The normalized spacial score (nSPS) is 10.9. The molecule has 0 atom stereocenters. The first-order valence-electron chi connectivity index (χ1n) is 7.39. The Labute approximate surface area is 176 Å². The first-order chi connectivity index (χ1) is 11.4. The van der Waals surface area contributed by atoms with Gasteiger partial charge in [0.25, 0.3) is 0 Å². The molecule has 0 heterocycles. The Balaban J connectivity index is 2.15. The highest BCUT2D eigenvalue weighted by Crippen LogP contribution is 2.42. The zero-order valence-electron chi connectivity index (χ0n) is 13.1. The summed E-state index contributed by atoms with van der Waals surface area (Å²) in [6.45, 7) is 4.19. The molecule has 3 aromatic carbocycles. The minimum Gasteiger partial charge on any atom is -0.0586 e. The Morgan fingerprint density at radius 2 is 0.792 bits per heavy atom. The standard InChI is InChI=1S/C20H14Br4/c1-11-3-5-13(17(21)7-11)15-9-20(24)16(10-19(15)23)14-6-4-12(2)8-18(14)22/h3-10H,1-2H3. The van der Waals surface area contributed by atoms with Crippen molar-refractivity contribution in [2.24, 2.45) is 0 Å². The lowest BCUT2D eigenvalue weighted by Crippen LogP contribution is -1.88. The van der Waals surface area contributed by atoms with Crippen LogP contribution in [0.15, 0.2) is 66.4 Å². The number of hydrogen-bond donors (Lipinski definition) is 0. The molecule has 3 aromatic rings. The molecular weight excluding hydrogens is 560 g/mol. The molecule has 0 fully saturated rings. The SMILES string of the molecule is Cc1ccc(-c2cc(Br)c(-c3ccc(C)cc3Br)cc2Br)c(Br)c1. The second-order valence-electron chi connectivity index (χ2n) is 5.78. The fourth-order valence-corrected chi connectivity index (χ4v) is 5.16. The first-order valence-corrected chi connectivity index (χ1v) is 10.6. The van der Waals surface area contributed by atoms with Gasteiger partial charge in [0.1, 0.15) is 0 Å². The van der Waals surface area contributed by atoms with E-state index in [1.807, 2.05) is 0 Å². The van der Waals surface area contributed by atoms with Crippen LogP contribution < -0.4 is 0 Å². The van der Waals surface area contributed by atoms with E-state index in [0.29, 0.717) is 0 Å². The van der Waals surface area contributed by atoms with E-state index in [0.717, 1.165) is 29.0 Å². The van der Waals surface area contributed by atoms with Gasteiger partial charge < -0.3 is 0 Å². The molecule has 24 heavy (non-hydrogen) atoms. The number of benzene rings is 3. The van der Waals surface area contributed by atoms with E-state index in [-0.39, 0.29) is 0 Å². The summed E-state index contributed by atoms with van der Waals surface area (Å²) in [5.74, 6) is 0. The van der Waals surface area contributed by atoms with Gasteiger partial charge in [-0.25, -0.2) is 0 Å². The molecule has 0 saturated heterocycles. The van der Waals surface area contributed by atoms with E-state index < -0.39 is 0 Å². The molecule has 0 bridgehead atoms. The van der Waals surface area contributed by atoms with Crippen molar-refractivity contribution in [1.29, 1.82) is 0 Å². The maximum atomic E-state index is 3.75. The largest absolute Gasteiger partial charge is 0.0586 e. The van der Waals surface area contributed by atoms with Crippen LogP contribution in [0.2, 0.25) is 0 Å². The Bertz CT molecular complexity index is 852. The maximum Gasteiger partial charge on any atom is 0.0261 e. The van der Waals surface area contributed by atoms with Crippen LogP contribution in [0, 0.1) is 13.8 Å². The van der Waals surface area contributed by atoms with Crippen molar-refractivity contribution >= 4 is 63.7 Å². The van der Waals surface area contributed by atoms with E-state index in [1.165, 1.54) is 22.3 Å². The van der Waals surface area contributed by atoms with Crippen molar-refractivity contribution in [3.63, 3.8) is 0 Å². The first kappa shape index (κ1) is 18.4. The Morgan fingerprint density at radius 1 is 0.458 bits per heavy atom. The minimum absolute atomic E-state index is 1.07. The molecule has 3 rings (SSSR count). The Morgan fingerprint density at radius 3 is 1.12 bits per heavy atom. The molecule has 0 aliphatic rings. The van der Waals surface area contributed by atoms with Gasteiger partial charge in [-0.3, -0.25) is 0 Å². The third kappa shape index (κ3) is 3.72. The average molecular weight is 574 g/mol. The third-order valence-electron chi connectivity index (χ3n) is 3.89. The number of aryl methyl sites for hydroxylation is 2. The molecule has 0 nitrogen and oxygen atoms in total. The molecule has 0 unspecified atom stereocenters. The Hall–Kier alpha value is -0.420. The van der Waals surface area contributed by atoms with Crippen molar-refractivity contribution in [2.45, 2.75) is 13.8 Å². The van der Waals surface area contributed by atoms with Gasteiger partial charge in [0.15, 0.2) is 0 Å². The quantitative estimate of drug-likeness (QED) is 0.288. The highest BCUT2D eigenvalue weighted by Gasteiger charge is 2.14. The summed E-state index contributed by atoms with van der Waals surface area (Å²) in [7, 11) is 0. The van der Waals surface area contributed by atoms with E-state index in [9.17, 15) is 0 Å². The summed E-state index contributed by atoms with van der Waals surface area (Å²) < 4.78 is 4.33. The fourth-order valence-electron chi connectivity index (χ4n) is 2.64. The van der Waals surface area contributed by atoms with Gasteiger partial charge in [-0.05, 0) is 71.5 Å². The molecule has 0 amide bonds. The van der Waals surface area contributed by atoms with Gasteiger partial charge in [-0.15, -0.1) is 0 Å². The lowest BCUT2D eigenvalue weighted by Gasteiger charge is -2.14. The van der Waals surface area contributed by atoms with E-state index >= 15 is 0 Å². The van der Waals surface area contributed by atoms with Crippen LogP contribution in [0.4, 0.5) is 0 Å². The monoisotopic (exact) mass is 570 g/mol. The predicted octanol–water partition coefficient (Wildman–Crippen LogP) is 8.69. The Kier molecular flexibility index (Phi) is 5.70. The maximum absolute atomic E-state index is 3.75. The molecule has 0 N–H and O–H groups in total. The number of rotatable bonds is 2.